The maximum absolute atomic E-state index is 11.4. The molecule has 0 aliphatic heterocycles. The minimum atomic E-state index is -0.0893. The van der Waals surface area contributed by atoms with E-state index in [4.69, 9.17) is 10.00 Å². The van der Waals surface area contributed by atoms with Crippen molar-refractivity contribution in [1.82, 2.24) is 0 Å². The summed E-state index contributed by atoms with van der Waals surface area (Å²) in [5, 5.41) is 9.64. The number of methoxy groups -OCH3 is 1. The van der Waals surface area contributed by atoms with Crippen molar-refractivity contribution in [2.24, 2.45) is 11.3 Å². The first-order valence-electron chi connectivity index (χ1n) is 6.77. The van der Waals surface area contributed by atoms with Gasteiger partial charge in [-0.15, -0.1) is 0 Å². The molecule has 0 aromatic carbocycles. The number of carbonyl (C=O) groups excluding carboxylic acids is 1. The van der Waals surface area contributed by atoms with Gasteiger partial charge in [-0.3, -0.25) is 4.79 Å². The number of thioether (sulfide) groups is 1. The third-order valence-corrected chi connectivity index (χ3v) is 5.95. The van der Waals surface area contributed by atoms with E-state index in [1.165, 1.54) is 20.0 Å². The van der Waals surface area contributed by atoms with Crippen LogP contribution in [0.4, 0.5) is 0 Å². The van der Waals surface area contributed by atoms with E-state index in [2.05, 4.69) is 6.07 Å². The summed E-state index contributed by atoms with van der Waals surface area (Å²) in [6.07, 6.45) is 7.50. The van der Waals surface area contributed by atoms with E-state index < -0.39 is 0 Å². The Kier molecular flexibility index (Phi) is 4.55. The van der Waals surface area contributed by atoms with Crippen LogP contribution in [-0.2, 0) is 9.53 Å². The van der Waals surface area contributed by atoms with Crippen LogP contribution in [0.15, 0.2) is 0 Å². The molecule has 0 aromatic heterocycles. The Morgan fingerprint density at radius 2 is 2.17 bits per heavy atom. The Morgan fingerprint density at radius 1 is 1.44 bits per heavy atom. The summed E-state index contributed by atoms with van der Waals surface area (Å²) >= 11 is 1.92. The topological polar surface area (TPSA) is 50.1 Å². The molecule has 100 valence electrons. The van der Waals surface area contributed by atoms with Gasteiger partial charge in [-0.05, 0) is 36.9 Å². The van der Waals surface area contributed by atoms with Crippen molar-refractivity contribution in [3.8, 4) is 6.07 Å². The maximum Gasteiger partial charge on any atom is 0.306 e. The van der Waals surface area contributed by atoms with Gasteiger partial charge in [0, 0.05) is 5.25 Å². The van der Waals surface area contributed by atoms with Gasteiger partial charge in [0.25, 0.3) is 0 Å². The van der Waals surface area contributed by atoms with Crippen LogP contribution in [0.3, 0.4) is 0 Å². The highest BCUT2D eigenvalue weighted by atomic mass is 32.2. The molecule has 0 saturated heterocycles. The zero-order valence-corrected chi connectivity index (χ0v) is 11.8. The van der Waals surface area contributed by atoms with Gasteiger partial charge in [-0.25, -0.2) is 0 Å². The second kappa shape index (κ2) is 5.97. The molecule has 18 heavy (non-hydrogen) atoms. The van der Waals surface area contributed by atoms with Crippen LogP contribution in [-0.4, -0.2) is 24.1 Å². The fourth-order valence-corrected chi connectivity index (χ4v) is 4.38. The number of hydrogen-bond donors (Lipinski definition) is 0. The number of rotatable bonds is 5. The van der Waals surface area contributed by atoms with Crippen molar-refractivity contribution >= 4 is 17.7 Å². The van der Waals surface area contributed by atoms with Gasteiger partial charge in [0.15, 0.2) is 0 Å². The lowest BCUT2D eigenvalue weighted by Crippen LogP contribution is -2.23. The van der Waals surface area contributed by atoms with Crippen LogP contribution < -0.4 is 0 Å². The van der Waals surface area contributed by atoms with E-state index in [0.717, 1.165) is 31.4 Å². The first-order valence-corrected chi connectivity index (χ1v) is 7.82. The maximum atomic E-state index is 11.4. The zero-order valence-electron chi connectivity index (χ0n) is 11.0. The molecule has 0 radical (unpaired) electrons. The van der Waals surface area contributed by atoms with Gasteiger partial charge in [-0.2, -0.15) is 17.0 Å². The summed E-state index contributed by atoms with van der Waals surface area (Å²) in [6.45, 7) is 0. The van der Waals surface area contributed by atoms with Gasteiger partial charge in [0.1, 0.15) is 0 Å². The lowest BCUT2D eigenvalue weighted by Gasteiger charge is -2.27. The molecule has 0 N–H and O–H groups in total. The summed E-state index contributed by atoms with van der Waals surface area (Å²) < 4.78 is 4.76. The van der Waals surface area contributed by atoms with E-state index in [9.17, 15) is 4.79 Å². The molecule has 2 unspecified atom stereocenters. The summed E-state index contributed by atoms with van der Waals surface area (Å²) in [5.41, 5.74) is 0.190. The highest BCUT2D eigenvalue weighted by Crippen LogP contribution is 2.52. The Hall–Kier alpha value is -0.690. The lowest BCUT2D eigenvalue weighted by atomic mass is 9.90. The highest BCUT2D eigenvalue weighted by molar-refractivity contribution is 7.99. The minimum absolute atomic E-state index is 0.0893. The number of carbonyl (C=O) groups is 1. The van der Waals surface area contributed by atoms with E-state index >= 15 is 0 Å². The van der Waals surface area contributed by atoms with Crippen molar-refractivity contribution in [2.75, 3.05) is 12.9 Å². The largest absolute Gasteiger partial charge is 0.469 e. The van der Waals surface area contributed by atoms with Crippen molar-refractivity contribution in [3.63, 3.8) is 0 Å². The molecule has 0 bridgehead atoms. The van der Waals surface area contributed by atoms with Gasteiger partial charge in [0.05, 0.1) is 25.5 Å². The second-order valence-electron chi connectivity index (χ2n) is 5.62. The van der Waals surface area contributed by atoms with E-state index in [0.29, 0.717) is 11.7 Å². The molecule has 4 heteroatoms. The Bertz CT molecular complexity index is 346. The summed E-state index contributed by atoms with van der Waals surface area (Å²) in [7, 11) is 1.46. The van der Waals surface area contributed by atoms with E-state index in [1.807, 2.05) is 11.8 Å². The molecule has 2 fully saturated rings. The highest BCUT2D eigenvalue weighted by Gasteiger charge is 2.45. The fraction of sp³-hybridized carbons (Fsp3) is 0.857. The fourth-order valence-electron chi connectivity index (χ4n) is 2.66. The normalized spacial score (nSPS) is 29.3. The van der Waals surface area contributed by atoms with Gasteiger partial charge < -0.3 is 4.74 Å². The number of nitriles is 1. The molecule has 0 heterocycles. The van der Waals surface area contributed by atoms with Crippen molar-refractivity contribution in [1.29, 1.82) is 5.26 Å². The summed E-state index contributed by atoms with van der Waals surface area (Å²) in [4.78, 5) is 11.4. The van der Waals surface area contributed by atoms with Crippen LogP contribution in [0.2, 0.25) is 0 Å². The molecule has 0 spiro atoms. The molecule has 2 aliphatic rings. The molecular weight excluding hydrogens is 246 g/mol. The zero-order chi connectivity index (χ0) is 13.0. The standard InChI is InChI=1S/C14H21NO2S/c1-17-13(16)8-14(6-7-14)10-18-12-5-3-2-4-11(12)9-15/h11-12H,2-8,10H2,1H3. The molecule has 2 atom stereocenters. The van der Waals surface area contributed by atoms with Gasteiger partial charge in [-0.1, -0.05) is 12.8 Å². The predicted molar refractivity (Wildman–Crippen MR) is 72.1 cm³/mol. The molecule has 2 saturated carbocycles. The third-order valence-electron chi connectivity index (χ3n) is 4.18. The molecule has 0 aromatic rings. The van der Waals surface area contributed by atoms with Crippen LogP contribution >= 0.6 is 11.8 Å². The number of esters is 1. The monoisotopic (exact) mass is 267 g/mol. The summed E-state index contributed by atoms with van der Waals surface area (Å²) in [6, 6.07) is 2.45. The number of nitrogens with zero attached hydrogens (tertiary/aromatic N) is 1. The Labute approximate surface area is 113 Å². The minimum Gasteiger partial charge on any atom is -0.469 e. The smallest absolute Gasteiger partial charge is 0.306 e. The Balaban J connectivity index is 1.80. The second-order valence-corrected chi connectivity index (χ2v) is 6.85. The molecule has 0 amide bonds. The summed E-state index contributed by atoms with van der Waals surface area (Å²) in [5.74, 6) is 1.15. The average Bonchev–Trinajstić information content (AvgIpc) is 3.16. The van der Waals surface area contributed by atoms with Crippen LogP contribution in [0.5, 0.6) is 0 Å². The Morgan fingerprint density at radius 3 is 2.78 bits per heavy atom. The van der Waals surface area contributed by atoms with Crippen LogP contribution in [0.25, 0.3) is 0 Å². The van der Waals surface area contributed by atoms with E-state index in [-0.39, 0.29) is 17.3 Å². The predicted octanol–water partition coefficient (Wildman–Crippen LogP) is 3.15. The average molecular weight is 267 g/mol. The number of hydrogen-bond acceptors (Lipinski definition) is 4. The van der Waals surface area contributed by atoms with E-state index in [1.54, 1.807) is 0 Å². The van der Waals surface area contributed by atoms with Crippen LogP contribution in [0.1, 0.15) is 44.9 Å². The molecule has 2 aliphatic carbocycles. The van der Waals surface area contributed by atoms with Crippen LogP contribution in [0, 0.1) is 22.7 Å². The molecule has 3 nitrogen and oxygen atoms in total. The lowest BCUT2D eigenvalue weighted by molar-refractivity contribution is -0.141. The molecule has 2 rings (SSSR count). The van der Waals surface area contributed by atoms with Crippen molar-refractivity contribution in [3.05, 3.63) is 0 Å². The third kappa shape index (κ3) is 3.41. The van der Waals surface area contributed by atoms with Crippen molar-refractivity contribution in [2.45, 2.75) is 50.2 Å². The first kappa shape index (κ1) is 13.7. The van der Waals surface area contributed by atoms with Crippen molar-refractivity contribution < 1.29 is 9.53 Å². The quantitative estimate of drug-likeness (QED) is 0.718. The van der Waals surface area contributed by atoms with Gasteiger partial charge in [0.2, 0.25) is 0 Å². The number of ether oxygens (including phenoxy) is 1. The van der Waals surface area contributed by atoms with Gasteiger partial charge >= 0.3 is 5.97 Å². The molecular formula is C14H21NO2S. The first-order chi connectivity index (χ1) is 8.69. The SMILES string of the molecule is COC(=O)CC1(CSC2CCCCC2C#N)CC1.